The zero-order valence-corrected chi connectivity index (χ0v) is 8.21. The Morgan fingerprint density at radius 3 is 2.69 bits per heavy atom. The molecule has 2 unspecified atom stereocenters. The first-order chi connectivity index (χ1) is 6.33. The van der Waals surface area contributed by atoms with E-state index in [-0.39, 0.29) is 12.7 Å². The summed E-state index contributed by atoms with van der Waals surface area (Å²) in [7, 11) is 0. The summed E-state index contributed by atoms with van der Waals surface area (Å²) >= 11 is 0. The summed E-state index contributed by atoms with van der Waals surface area (Å²) in [4.78, 5) is 12.4. The van der Waals surface area contributed by atoms with Crippen LogP contribution in [0.2, 0.25) is 0 Å². The standard InChI is InChI=1S/C10H18FNO/c1-2-3-4-9-5-6-10(7-11)12(9)8-13/h8-10H,2-7H2,1H3. The van der Waals surface area contributed by atoms with Crippen LogP contribution in [0.5, 0.6) is 0 Å². The summed E-state index contributed by atoms with van der Waals surface area (Å²) in [6, 6.07) is 0.164. The average Bonchev–Trinajstić information content (AvgIpc) is 2.56. The van der Waals surface area contributed by atoms with E-state index >= 15 is 0 Å². The van der Waals surface area contributed by atoms with Gasteiger partial charge in [-0.3, -0.25) is 4.79 Å². The molecular formula is C10H18FNO. The van der Waals surface area contributed by atoms with E-state index in [4.69, 9.17) is 0 Å². The first-order valence-corrected chi connectivity index (χ1v) is 5.12. The maximum Gasteiger partial charge on any atom is 0.210 e. The number of carbonyl (C=O) groups excluding carboxylic acids is 1. The van der Waals surface area contributed by atoms with E-state index in [1.54, 1.807) is 4.90 Å². The van der Waals surface area contributed by atoms with Crippen molar-refractivity contribution in [3.8, 4) is 0 Å². The van der Waals surface area contributed by atoms with Crippen molar-refractivity contribution in [2.75, 3.05) is 6.67 Å². The molecule has 3 heteroatoms. The van der Waals surface area contributed by atoms with Crippen molar-refractivity contribution in [2.24, 2.45) is 0 Å². The van der Waals surface area contributed by atoms with Crippen molar-refractivity contribution in [1.29, 1.82) is 0 Å². The van der Waals surface area contributed by atoms with E-state index in [2.05, 4.69) is 6.92 Å². The molecule has 0 aliphatic carbocycles. The zero-order chi connectivity index (χ0) is 9.68. The monoisotopic (exact) mass is 187 g/mol. The van der Waals surface area contributed by atoms with Gasteiger partial charge in [-0.2, -0.15) is 0 Å². The van der Waals surface area contributed by atoms with Crippen LogP contribution in [0.4, 0.5) is 4.39 Å². The molecule has 1 rings (SSSR count). The molecule has 1 aliphatic heterocycles. The lowest BCUT2D eigenvalue weighted by Crippen LogP contribution is -2.35. The van der Waals surface area contributed by atoms with Crippen LogP contribution < -0.4 is 0 Å². The highest BCUT2D eigenvalue weighted by molar-refractivity contribution is 5.49. The normalized spacial score (nSPS) is 28.0. The molecule has 0 aromatic carbocycles. The number of hydrogen-bond acceptors (Lipinski definition) is 1. The van der Waals surface area contributed by atoms with Crippen LogP contribution in [-0.4, -0.2) is 30.1 Å². The van der Waals surface area contributed by atoms with Crippen molar-refractivity contribution < 1.29 is 9.18 Å². The second kappa shape index (κ2) is 5.20. The van der Waals surface area contributed by atoms with Crippen molar-refractivity contribution in [3.05, 3.63) is 0 Å². The van der Waals surface area contributed by atoms with Crippen molar-refractivity contribution in [2.45, 2.75) is 51.1 Å². The smallest absolute Gasteiger partial charge is 0.210 e. The molecule has 2 atom stereocenters. The summed E-state index contributed by atoms with van der Waals surface area (Å²) in [5, 5.41) is 0. The van der Waals surface area contributed by atoms with E-state index in [9.17, 15) is 9.18 Å². The Kier molecular flexibility index (Phi) is 4.19. The third kappa shape index (κ3) is 2.42. The second-order valence-electron chi connectivity index (χ2n) is 3.73. The largest absolute Gasteiger partial charge is 0.337 e. The van der Waals surface area contributed by atoms with E-state index < -0.39 is 0 Å². The molecule has 0 bridgehead atoms. The topological polar surface area (TPSA) is 20.3 Å². The Hall–Kier alpha value is -0.600. The molecule has 0 aromatic heterocycles. The van der Waals surface area contributed by atoms with E-state index in [0.717, 1.165) is 38.5 Å². The van der Waals surface area contributed by atoms with Crippen LogP contribution in [0, 0.1) is 0 Å². The maximum atomic E-state index is 12.4. The average molecular weight is 187 g/mol. The van der Waals surface area contributed by atoms with Crippen LogP contribution >= 0.6 is 0 Å². The zero-order valence-electron chi connectivity index (χ0n) is 8.21. The Labute approximate surface area is 79.1 Å². The molecule has 1 fully saturated rings. The number of carbonyl (C=O) groups is 1. The molecule has 0 saturated carbocycles. The van der Waals surface area contributed by atoms with Gasteiger partial charge in [0, 0.05) is 6.04 Å². The number of rotatable bonds is 5. The lowest BCUT2D eigenvalue weighted by atomic mass is 10.1. The van der Waals surface area contributed by atoms with Crippen molar-refractivity contribution in [1.82, 2.24) is 4.90 Å². The van der Waals surface area contributed by atoms with E-state index in [1.807, 2.05) is 0 Å². The molecule has 1 heterocycles. The van der Waals surface area contributed by atoms with Gasteiger partial charge in [-0.15, -0.1) is 0 Å². The minimum Gasteiger partial charge on any atom is -0.337 e. The highest BCUT2D eigenvalue weighted by Gasteiger charge is 2.31. The summed E-state index contributed by atoms with van der Waals surface area (Å²) in [5.41, 5.74) is 0. The predicted octanol–water partition coefficient (Wildman–Crippen LogP) is 2.14. The summed E-state index contributed by atoms with van der Waals surface area (Å²) in [5.74, 6) is 0. The lowest BCUT2D eigenvalue weighted by Gasteiger charge is -2.24. The fraction of sp³-hybridized carbons (Fsp3) is 0.900. The van der Waals surface area contributed by atoms with Crippen LogP contribution in [-0.2, 0) is 4.79 Å². The molecule has 1 amide bonds. The van der Waals surface area contributed by atoms with Gasteiger partial charge in [0.15, 0.2) is 0 Å². The molecule has 1 saturated heterocycles. The number of hydrogen-bond donors (Lipinski definition) is 0. The fourth-order valence-electron chi connectivity index (χ4n) is 2.04. The number of nitrogens with zero attached hydrogens (tertiary/aromatic N) is 1. The van der Waals surface area contributed by atoms with Gasteiger partial charge < -0.3 is 4.90 Å². The van der Waals surface area contributed by atoms with Crippen molar-refractivity contribution in [3.63, 3.8) is 0 Å². The van der Waals surface area contributed by atoms with Crippen LogP contribution in [0.15, 0.2) is 0 Å². The van der Waals surface area contributed by atoms with Crippen LogP contribution in [0.3, 0.4) is 0 Å². The van der Waals surface area contributed by atoms with Gasteiger partial charge in [-0.05, 0) is 19.3 Å². The fourth-order valence-corrected chi connectivity index (χ4v) is 2.04. The molecule has 0 radical (unpaired) electrons. The van der Waals surface area contributed by atoms with E-state index in [0.29, 0.717) is 6.04 Å². The second-order valence-corrected chi connectivity index (χ2v) is 3.73. The molecule has 0 spiro atoms. The Bertz CT molecular complexity index is 163. The molecule has 1 aliphatic rings. The highest BCUT2D eigenvalue weighted by Crippen LogP contribution is 2.26. The summed E-state index contributed by atoms with van der Waals surface area (Å²) in [6.07, 6.45) is 5.94. The third-order valence-corrected chi connectivity index (χ3v) is 2.87. The lowest BCUT2D eigenvalue weighted by molar-refractivity contribution is -0.121. The Morgan fingerprint density at radius 2 is 2.15 bits per heavy atom. The molecule has 76 valence electrons. The van der Waals surface area contributed by atoms with Gasteiger partial charge in [0.05, 0.1) is 6.04 Å². The minimum absolute atomic E-state index is 0.139. The molecular weight excluding hydrogens is 169 g/mol. The van der Waals surface area contributed by atoms with Crippen LogP contribution in [0.25, 0.3) is 0 Å². The summed E-state index contributed by atoms with van der Waals surface area (Å²) < 4.78 is 12.4. The SMILES string of the molecule is CCCCC1CCC(CF)N1C=O. The van der Waals surface area contributed by atoms with Gasteiger partial charge >= 0.3 is 0 Å². The molecule has 0 N–H and O–H groups in total. The highest BCUT2D eigenvalue weighted by atomic mass is 19.1. The van der Waals surface area contributed by atoms with Crippen LogP contribution in [0.1, 0.15) is 39.0 Å². The maximum absolute atomic E-state index is 12.4. The minimum atomic E-state index is -0.388. The van der Waals surface area contributed by atoms with Gasteiger partial charge in [-0.1, -0.05) is 19.8 Å². The van der Waals surface area contributed by atoms with Gasteiger partial charge in [0.25, 0.3) is 0 Å². The number of likely N-dealkylation sites (tertiary alicyclic amines) is 1. The number of unbranched alkanes of at least 4 members (excludes halogenated alkanes) is 1. The predicted molar refractivity (Wildman–Crippen MR) is 50.2 cm³/mol. The Balaban J connectivity index is 2.42. The third-order valence-electron chi connectivity index (χ3n) is 2.87. The summed E-state index contributed by atoms with van der Waals surface area (Å²) in [6.45, 7) is 1.74. The molecule has 13 heavy (non-hydrogen) atoms. The van der Waals surface area contributed by atoms with E-state index in [1.165, 1.54) is 0 Å². The van der Waals surface area contributed by atoms with Gasteiger partial charge in [0.1, 0.15) is 6.67 Å². The number of alkyl halides is 1. The first-order valence-electron chi connectivity index (χ1n) is 5.12. The number of amides is 1. The number of halogens is 1. The molecule has 0 aromatic rings. The van der Waals surface area contributed by atoms with Gasteiger partial charge in [0.2, 0.25) is 6.41 Å². The van der Waals surface area contributed by atoms with Crippen molar-refractivity contribution >= 4 is 6.41 Å². The molecule has 2 nitrogen and oxygen atoms in total. The Morgan fingerprint density at radius 1 is 1.46 bits per heavy atom. The van der Waals surface area contributed by atoms with Gasteiger partial charge in [-0.25, -0.2) is 4.39 Å². The quantitative estimate of drug-likeness (QED) is 0.604. The first kappa shape index (κ1) is 10.5.